The van der Waals surface area contributed by atoms with E-state index in [1.807, 2.05) is 19.9 Å². The highest BCUT2D eigenvalue weighted by Gasteiger charge is 2.13. The van der Waals surface area contributed by atoms with Crippen molar-refractivity contribution < 1.29 is 14.1 Å². The average molecular weight is 390 g/mol. The molecular weight excluding hydrogens is 362 g/mol. The third kappa shape index (κ3) is 5.82. The molecule has 27 heavy (non-hydrogen) atoms. The first-order valence-corrected chi connectivity index (χ1v) is 10.4. The van der Waals surface area contributed by atoms with Crippen molar-refractivity contribution in [3.8, 4) is 0 Å². The maximum absolute atomic E-state index is 12.2. The number of amides is 1. The molecule has 7 heteroatoms. The van der Waals surface area contributed by atoms with Gasteiger partial charge in [-0.25, -0.2) is 0 Å². The predicted molar refractivity (Wildman–Crippen MR) is 107 cm³/mol. The summed E-state index contributed by atoms with van der Waals surface area (Å²) in [6.07, 6.45) is 0. The molecule has 1 aliphatic rings. The summed E-state index contributed by atoms with van der Waals surface area (Å²) in [6.45, 7) is 8.79. The lowest BCUT2D eigenvalue weighted by Gasteiger charge is -2.27. The van der Waals surface area contributed by atoms with E-state index in [4.69, 9.17) is 9.26 Å². The second-order valence-corrected chi connectivity index (χ2v) is 7.72. The largest absolute Gasteiger partial charge is 0.379 e. The predicted octanol–water partition coefficient (Wildman–Crippen LogP) is 2.67. The highest BCUT2D eigenvalue weighted by Crippen LogP contribution is 2.19. The Bertz CT molecular complexity index is 737. The van der Waals surface area contributed by atoms with Crippen molar-refractivity contribution in [3.05, 3.63) is 52.4 Å². The number of carbonyl (C=O) groups excluding carboxylic acids is 1. The van der Waals surface area contributed by atoms with Crippen LogP contribution in [0.4, 0.5) is 0 Å². The fourth-order valence-electron chi connectivity index (χ4n) is 3.08. The number of rotatable bonds is 8. The number of hydrogen-bond acceptors (Lipinski definition) is 6. The van der Waals surface area contributed by atoms with Gasteiger partial charge >= 0.3 is 0 Å². The molecule has 1 aromatic heterocycles. The number of nitrogens with one attached hydrogen (secondary N) is 1. The number of ether oxygens (including phenoxy) is 1. The second kappa shape index (κ2) is 9.92. The van der Waals surface area contributed by atoms with Crippen LogP contribution in [0.5, 0.6) is 0 Å². The van der Waals surface area contributed by atoms with E-state index in [2.05, 4.69) is 33.6 Å². The van der Waals surface area contributed by atoms with Crippen LogP contribution in [-0.4, -0.2) is 48.0 Å². The summed E-state index contributed by atoms with van der Waals surface area (Å²) >= 11 is 1.58. The maximum Gasteiger partial charge on any atom is 0.230 e. The molecule has 0 saturated carbocycles. The quantitative estimate of drug-likeness (QED) is 0.749. The minimum Gasteiger partial charge on any atom is -0.379 e. The molecule has 0 unspecified atom stereocenters. The van der Waals surface area contributed by atoms with Gasteiger partial charge in [-0.05, 0) is 25.0 Å². The molecule has 2 aromatic rings. The number of aryl methyl sites for hydroxylation is 2. The van der Waals surface area contributed by atoms with Crippen molar-refractivity contribution in [2.45, 2.75) is 32.7 Å². The fourth-order valence-corrected chi connectivity index (χ4v) is 4.09. The first-order valence-electron chi connectivity index (χ1n) is 9.26. The molecule has 1 N–H and O–H groups in total. The molecule has 0 radical (unpaired) electrons. The van der Waals surface area contributed by atoms with Gasteiger partial charge in [-0.1, -0.05) is 29.4 Å². The van der Waals surface area contributed by atoms with Crippen LogP contribution in [-0.2, 0) is 28.4 Å². The Balaban J connectivity index is 1.45. The van der Waals surface area contributed by atoms with Crippen molar-refractivity contribution in [1.82, 2.24) is 15.4 Å². The molecule has 1 aromatic carbocycles. The lowest BCUT2D eigenvalue weighted by Crippen LogP contribution is -2.36. The van der Waals surface area contributed by atoms with Gasteiger partial charge in [0, 0.05) is 37.5 Å². The Morgan fingerprint density at radius 1 is 1.22 bits per heavy atom. The molecule has 6 nitrogen and oxygen atoms in total. The van der Waals surface area contributed by atoms with Crippen LogP contribution < -0.4 is 5.32 Å². The molecule has 0 bridgehead atoms. The number of benzene rings is 1. The van der Waals surface area contributed by atoms with Crippen molar-refractivity contribution in [2.24, 2.45) is 0 Å². The highest BCUT2D eigenvalue weighted by atomic mass is 32.2. The molecule has 3 rings (SSSR count). The zero-order valence-corrected chi connectivity index (χ0v) is 16.8. The number of morpholine rings is 1. The highest BCUT2D eigenvalue weighted by molar-refractivity contribution is 7.99. The van der Waals surface area contributed by atoms with Crippen LogP contribution in [0.15, 0.2) is 28.8 Å². The Morgan fingerprint density at radius 3 is 2.67 bits per heavy atom. The SMILES string of the molecule is Cc1noc(C)c1CSCC(=O)NCc1ccccc1CN1CCOCC1. The van der Waals surface area contributed by atoms with Crippen molar-refractivity contribution in [2.75, 3.05) is 32.1 Å². The topological polar surface area (TPSA) is 67.6 Å². The average Bonchev–Trinajstić information content (AvgIpc) is 3.00. The third-order valence-electron chi connectivity index (χ3n) is 4.75. The monoisotopic (exact) mass is 389 g/mol. The zero-order valence-electron chi connectivity index (χ0n) is 16.0. The van der Waals surface area contributed by atoms with Gasteiger partial charge in [0.25, 0.3) is 0 Å². The summed E-state index contributed by atoms with van der Waals surface area (Å²) in [5, 5.41) is 6.99. The number of carbonyl (C=O) groups is 1. The van der Waals surface area contributed by atoms with E-state index in [1.165, 1.54) is 11.1 Å². The van der Waals surface area contributed by atoms with E-state index >= 15 is 0 Å². The van der Waals surface area contributed by atoms with Crippen molar-refractivity contribution >= 4 is 17.7 Å². The van der Waals surface area contributed by atoms with E-state index in [9.17, 15) is 4.79 Å². The molecule has 0 spiro atoms. The van der Waals surface area contributed by atoms with Crippen LogP contribution in [0.25, 0.3) is 0 Å². The van der Waals surface area contributed by atoms with Gasteiger partial charge in [-0.3, -0.25) is 9.69 Å². The smallest absolute Gasteiger partial charge is 0.230 e. The van der Waals surface area contributed by atoms with Crippen LogP contribution >= 0.6 is 11.8 Å². The minimum absolute atomic E-state index is 0.0490. The summed E-state index contributed by atoms with van der Waals surface area (Å²) in [7, 11) is 0. The number of aromatic nitrogens is 1. The van der Waals surface area contributed by atoms with Gasteiger partial charge in [-0.15, -0.1) is 11.8 Å². The lowest BCUT2D eigenvalue weighted by atomic mass is 10.1. The Labute approximate surface area is 164 Å². The first kappa shape index (κ1) is 19.9. The summed E-state index contributed by atoms with van der Waals surface area (Å²) in [4.78, 5) is 14.6. The van der Waals surface area contributed by atoms with Gasteiger partial charge in [0.15, 0.2) is 0 Å². The van der Waals surface area contributed by atoms with Crippen LogP contribution in [0.1, 0.15) is 28.1 Å². The van der Waals surface area contributed by atoms with E-state index in [0.717, 1.165) is 55.6 Å². The van der Waals surface area contributed by atoms with E-state index in [1.54, 1.807) is 11.8 Å². The molecule has 0 atom stereocenters. The van der Waals surface area contributed by atoms with Gasteiger partial charge in [-0.2, -0.15) is 0 Å². The van der Waals surface area contributed by atoms with E-state index in [0.29, 0.717) is 12.3 Å². The number of thioether (sulfide) groups is 1. The van der Waals surface area contributed by atoms with Crippen molar-refractivity contribution in [1.29, 1.82) is 0 Å². The van der Waals surface area contributed by atoms with Crippen molar-refractivity contribution in [3.63, 3.8) is 0 Å². The molecule has 146 valence electrons. The van der Waals surface area contributed by atoms with E-state index in [-0.39, 0.29) is 5.91 Å². The van der Waals surface area contributed by atoms with Crippen LogP contribution in [0, 0.1) is 13.8 Å². The summed E-state index contributed by atoms with van der Waals surface area (Å²) < 4.78 is 10.6. The zero-order chi connectivity index (χ0) is 19.1. The molecule has 2 heterocycles. The molecule has 1 aliphatic heterocycles. The van der Waals surface area contributed by atoms with Gasteiger partial charge in [0.05, 0.1) is 24.7 Å². The molecule has 0 aliphatic carbocycles. The lowest BCUT2D eigenvalue weighted by molar-refractivity contribution is -0.118. The van der Waals surface area contributed by atoms with Crippen LogP contribution in [0.3, 0.4) is 0 Å². The van der Waals surface area contributed by atoms with Gasteiger partial charge < -0.3 is 14.6 Å². The second-order valence-electron chi connectivity index (χ2n) is 6.73. The fraction of sp³-hybridized carbons (Fsp3) is 0.500. The van der Waals surface area contributed by atoms with E-state index < -0.39 is 0 Å². The first-order chi connectivity index (χ1) is 13.1. The molecule has 1 saturated heterocycles. The van der Waals surface area contributed by atoms with Crippen LogP contribution in [0.2, 0.25) is 0 Å². The number of nitrogens with zero attached hydrogens (tertiary/aromatic N) is 2. The standard InChI is InChI=1S/C20H27N3O3S/c1-15-19(16(2)26-22-15)13-27-14-20(24)21-11-17-5-3-4-6-18(17)12-23-7-9-25-10-8-23/h3-6H,7-14H2,1-2H3,(H,21,24). The van der Waals surface area contributed by atoms with Gasteiger partial charge in [0.1, 0.15) is 5.76 Å². The Hall–Kier alpha value is -1.83. The third-order valence-corrected chi connectivity index (χ3v) is 5.71. The molecule has 1 fully saturated rings. The number of hydrogen-bond donors (Lipinski definition) is 1. The summed E-state index contributed by atoms with van der Waals surface area (Å²) in [6, 6.07) is 8.31. The Morgan fingerprint density at radius 2 is 1.96 bits per heavy atom. The molecule has 1 amide bonds. The summed E-state index contributed by atoms with van der Waals surface area (Å²) in [5.41, 5.74) is 4.43. The van der Waals surface area contributed by atoms with Gasteiger partial charge in [0.2, 0.25) is 5.91 Å². The maximum atomic E-state index is 12.2. The minimum atomic E-state index is 0.0490. The normalized spacial score (nSPS) is 15.0. The summed E-state index contributed by atoms with van der Waals surface area (Å²) in [5.74, 6) is 2.04. The molecular formula is C20H27N3O3S. The Kier molecular flexibility index (Phi) is 7.32.